The summed E-state index contributed by atoms with van der Waals surface area (Å²) >= 11 is 5.74. The smallest absolute Gasteiger partial charge is 0.128 e. The Labute approximate surface area is 89.3 Å². The van der Waals surface area contributed by atoms with Crippen LogP contribution in [-0.2, 0) is 0 Å². The van der Waals surface area contributed by atoms with Crippen molar-refractivity contribution in [2.24, 2.45) is 0 Å². The van der Waals surface area contributed by atoms with Gasteiger partial charge in [-0.3, -0.25) is 0 Å². The molecule has 0 bridgehead atoms. The van der Waals surface area contributed by atoms with Gasteiger partial charge in [-0.15, -0.1) is 0 Å². The largest absolute Gasteiger partial charge is 0.396 e. The van der Waals surface area contributed by atoms with Crippen molar-refractivity contribution in [1.82, 2.24) is 4.98 Å². The Balaban J connectivity index is 2.64. The van der Waals surface area contributed by atoms with Crippen LogP contribution in [0.25, 0.3) is 0 Å². The van der Waals surface area contributed by atoms with E-state index in [0.29, 0.717) is 5.02 Å². The standard InChI is InChI=1S/C10H15ClN2O/c1-2-13(6-3-7-14)10-5-4-9(11)8-12-10/h4-5,8,14H,2-3,6-7H2,1H3. The Hall–Kier alpha value is -0.800. The quantitative estimate of drug-likeness (QED) is 0.814. The molecule has 4 heteroatoms. The fraction of sp³-hybridized carbons (Fsp3) is 0.500. The first kappa shape index (κ1) is 11.3. The van der Waals surface area contributed by atoms with Gasteiger partial charge in [0.15, 0.2) is 0 Å². The van der Waals surface area contributed by atoms with Gasteiger partial charge in [-0.25, -0.2) is 4.98 Å². The Kier molecular flexibility index (Phi) is 4.70. The third kappa shape index (κ3) is 3.16. The highest BCUT2D eigenvalue weighted by atomic mass is 35.5. The number of nitrogens with zero attached hydrogens (tertiary/aromatic N) is 2. The summed E-state index contributed by atoms with van der Waals surface area (Å²) < 4.78 is 0. The third-order valence-electron chi connectivity index (χ3n) is 2.00. The van der Waals surface area contributed by atoms with E-state index in [4.69, 9.17) is 16.7 Å². The molecule has 0 unspecified atom stereocenters. The minimum absolute atomic E-state index is 0.212. The van der Waals surface area contributed by atoms with E-state index >= 15 is 0 Å². The average Bonchev–Trinajstić information content (AvgIpc) is 2.21. The Morgan fingerprint density at radius 1 is 1.50 bits per heavy atom. The molecule has 14 heavy (non-hydrogen) atoms. The predicted molar refractivity (Wildman–Crippen MR) is 58.8 cm³/mol. The number of hydrogen-bond acceptors (Lipinski definition) is 3. The van der Waals surface area contributed by atoms with Gasteiger partial charge in [0.1, 0.15) is 5.82 Å². The molecular weight excluding hydrogens is 200 g/mol. The van der Waals surface area contributed by atoms with Gasteiger partial charge in [-0.1, -0.05) is 11.6 Å². The summed E-state index contributed by atoms with van der Waals surface area (Å²) in [6, 6.07) is 3.72. The second kappa shape index (κ2) is 5.83. The maximum absolute atomic E-state index is 8.73. The summed E-state index contributed by atoms with van der Waals surface area (Å²) in [4.78, 5) is 6.32. The summed E-state index contributed by atoms with van der Waals surface area (Å²) in [6.45, 7) is 3.98. The van der Waals surface area contributed by atoms with Crippen LogP contribution in [0.1, 0.15) is 13.3 Å². The highest BCUT2D eigenvalue weighted by Gasteiger charge is 2.04. The first-order chi connectivity index (χ1) is 6.77. The van der Waals surface area contributed by atoms with Crippen molar-refractivity contribution < 1.29 is 5.11 Å². The minimum atomic E-state index is 0.212. The maximum Gasteiger partial charge on any atom is 0.128 e. The highest BCUT2D eigenvalue weighted by Crippen LogP contribution is 2.13. The predicted octanol–water partition coefficient (Wildman–Crippen LogP) is 1.94. The van der Waals surface area contributed by atoms with Gasteiger partial charge in [-0.05, 0) is 25.5 Å². The lowest BCUT2D eigenvalue weighted by Gasteiger charge is -2.21. The molecule has 3 nitrogen and oxygen atoms in total. The van der Waals surface area contributed by atoms with Crippen molar-refractivity contribution >= 4 is 17.4 Å². The maximum atomic E-state index is 8.73. The molecule has 1 rings (SSSR count). The second-order valence-electron chi connectivity index (χ2n) is 2.99. The lowest BCUT2D eigenvalue weighted by molar-refractivity contribution is 0.289. The molecule has 78 valence electrons. The van der Waals surface area contributed by atoms with Gasteiger partial charge in [0, 0.05) is 25.9 Å². The third-order valence-corrected chi connectivity index (χ3v) is 2.23. The van der Waals surface area contributed by atoms with Crippen molar-refractivity contribution in [3.63, 3.8) is 0 Å². The number of hydrogen-bond donors (Lipinski definition) is 1. The fourth-order valence-corrected chi connectivity index (χ4v) is 1.36. The van der Waals surface area contributed by atoms with Crippen LogP contribution in [0.3, 0.4) is 0 Å². The van der Waals surface area contributed by atoms with E-state index in [9.17, 15) is 0 Å². The van der Waals surface area contributed by atoms with E-state index in [1.807, 2.05) is 12.1 Å². The summed E-state index contributed by atoms with van der Waals surface area (Å²) in [5, 5.41) is 9.38. The van der Waals surface area contributed by atoms with Crippen LogP contribution in [0.4, 0.5) is 5.82 Å². The van der Waals surface area contributed by atoms with Crippen LogP contribution in [0, 0.1) is 0 Å². The van der Waals surface area contributed by atoms with Crippen LogP contribution in [0.2, 0.25) is 5.02 Å². The summed E-state index contributed by atoms with van der Waals surface area (Å²) in [6.07, 6.45) is 2.40. The highest BCUT2D eigenvalue weighted by molar-refractivity contribution is 6.30. The fourth-order valence-electron chi connectivity index (χ4n) is 1.25. The molecule has 0 aliphatic heterocycles. The summed E-state index contributed by atoms with van der Waals surface area (Å²) in [7, 11) is 0. The first-order valence-electron chi connectivity index (χ1n) is 4.75. The van der Waals surface area contributed by atoms with Crippen LogP contribution in [0.5, 0.6) is 0 Å². The van der Waals surface area contributed by atoms with Crippen LogP contribution in [0.15, 0.2) is 18.3 Å². The van der Waals surface area contributed by atoms with Gasteiger partial charge in [0.05, 0.1) is 5.02 Å². The molecule has 1 aromatic heterocycles. The zero-order chi connectivity index (χ0) is 10.4. The van der Waals surface area contributed by atoms with E-state index in [2.05, 4.69) is 16.8 Å². The van der Waals surface area contributed by atoms with Gasteiger partial charge in [0.2, 0.25) is 0 Å². The zero-order valence-corrected chi connectivity index (χ0v) is 9.04. The zero-order valence-electron chi connectivity index (χ0n) is 8.28. The summed E-state index contributed by atoms with van der Waals surface area (Å²) in [5.74, 6) is 0.908. The molecule has 0 fully saturated rings. The topological polar surface area (TPSA) is 36.4 Å². The number of aliphatic hydroxyl groups excluding tert-OH is 1. The molecule has 0 aromatic carbocycles. The van der Waals surface area contributed by atoms with Crippen LogP contribution < -0.4 is 4.90 Å². The normalized spacial score (nSPS) is 10.2. The van der Waals surface area contributed by atoms with Gasteiger partial charge in [0.25, 0.3) is 0 Å². The molecule has 0 aliphatic rings. The first-order valence-corrected chi connectivity index (χ1v) is 5.13. The van der Waals surface area contributed by atoms with Crippen LogP contribution in [-0.4, -0.2) is 29.8 Å². The molecule has 1 heterocycles. The lowest BCUT2D eigenvalue weighted by atomic mass is 10.3. The SMILES string of the molecule is CCN(CCCO)c1ccc(Cl)cn1. The van der Waals surface area contributed by atoms with Crippen molar-refractivity contribution in [3.8, 4) is 0 Å². The van der Waals surface area contributed by atoms with Crippen LogP contribution >= 0.6 is 11.6 Å². The number of anilines is 1. The molecule has 0 amide bonds. The minimum Gasteiger partial charge on any atom is -0.396 e. The molecule has 1 N–H and O–H groups in total. The number of aliphatic hydroxyl groups is 1. The Bertz CT molecular complexity index is 263. The Morgan fingerprint density at radius 2 is 2.29 bits per heavy atom. The van der Waals surface area contributed by atoms with E-state index in [-0.39, 0.29) is 6.61 Å². The number of rotatable bonds is 5. The molecular formula is C10H15ClN2O. The molecule has 0 radical (unpaired) electrons. The van der Waals surface area contributed by atoms with Crippen molar-refractivity contribution in [2.75, 3.05) is 24.6 Å². The van der Waals surface area contributed by atoms with E-state index in [0.717, 1.165) is 25.3 Å². The molecule has 0 saturated heterocycles. The average molecular weight is 215 g/mol. The number of pyridine rings is 1. The van der Waals surface area contributed by atoms with E-state index in [1.54, 1.807) is 6.20 Å². The lowest BCUT2D eigenvalue weighted by Crippen LogP contribution is -2.25. The number of halogens is 1. The van der Waals surface area contributed by atoms with Gasteiger partial charge < -0.3 is 10.0 Å². The molecule has 0 saturated carbocycles. The van der Waals surface area contributed by atoms with Crippen molar-refractivity contribution in [3.05, 3.63) is 23.4 Å². The van der Waals surface area contributed by atoms with Crippen molar-refractivity contribution in [2.45, 2.75) is 13.3 Å². The van der Waals surface area contributed by atoms with Gasteiger partial charge in [-0.2, -0.15) is 0 Å². The second-order valence-corrected chi connectivity index (χ2v) is 3.43. The van der Waals surface area contributed by atoms with Gasteiger partial charge >= 0.3 is 0 Å². The number of aromatic nitrogens is 1. The molecule has 0 atom stereocenters. The monoisotopic (exact) mass is 214 g/mol. The molecule has 0 spiro atoms. The summed E-state index contributed by atoms with van der Waals surface area (Å²) in [5.41, 5.74) is 0. The van der Waals surface area contributed by atoms with E-state index < -0.39 is 0 Å². The van der Waals surface area contributed by atoms with Crippen molar-refractivity contribution in [1.29, 1.82) is 0 Å². The molecule has 0 aliphatic carbocycles. The molecule has 1 aromatic rings. The van der Waals surface area contributed by atoms with E-state index in [1.165, 1.54) is 0 Å². The Morgan fingerprint density at radius 3 is 2.79 bits per heavy atom.